The van der Waals surface area contributed by atoms with E-state index in [4.69, 9.17) is 0 Å². The van der Waals surface area contributed by atoms with Gasteiger partial charge in [-0.1, -0.05) is 40.5 Å². The van der Waals surface area contributed by atoms with Crippen LogP contribution in [0.15, 0.2) is 34.4 Å². The van der Waals surface area contributed by atoms with E-state index in [1.807, 2.05) is 27.7 Å². The van der Waals surface area contributed by atoms with Crippen LogP contribution in [0.2, 0.25) is 0 Å². The van der Waals surface area contributed by atoms with Crippen molar-refractivity contribution in [2.75, 3.05) is 0 Å². The Morgan fingerprint density at radius 3 is 1.14 bits per heavy atom. The highest BCUT2D eigenvalue weighted by Gasteiger charge is 2.52. The minimum absolute atomic E-state index is 0.0783. The van der Waals surface area contributed by atoms with Crippen molar-refractivity contribution in [3.05, 3.63) is 31.5 Å². The second-order valence-electron chi connectivity index (χ2n) is 17.6. The first-order valence-electron chi connectivity index (χ1n) is 21.9. The molecule has 0 aliphatic heterocycles. The fourth-order valence-corrected chi connectivity index (χ4v) is 12.5. The smallest absolute Gasteiger partial charge is 0.259 e. The van der Waals surface area contributed by atoms with Gasteiger partial charge in [0.2, 0.25) is 24.3 Å². The summed E-state index contributed by atoms with van der Waals surface area (Å²) in [6.07, 6.45) is 20.6. The zero-order valence-corrected chi connectivity index (χ0v) is 34.5. The predicted molar refractivity (Wildman–Crippen MR) is 215 cm³/mol. The molecule has 4 saturated carbocycles. The maximum Gasteiger partial charge on any atom is 0.337 e. The van der Waals surface area contributed by atoms with Crippen molar-refractivity contribution in [3.63, 3.8) is 0 Å². The second-order valence-corrected chi connectivity index (χ2v) is 17.6. The van der Waals surface area contributed by atoms with Gasteiger partial charge in [-0.15, -0.1) is 0 Å². The Labute approximate surface area is 335 Å². The van der Waals surface area contributed by atoms with Gasteiger partial charge in [0, 0.05) is 0 Å². The van der Waals surface area contributed by atoms with Crippen molar-refractivity contribution < 1.29 is 19.2 Å². The number of rotatable bonds is 16. The van der Waals surface area contributed by atoms with Crippen LogP contribution in [0.25, 0.3) is 0 Å². The molecule has 8 unspecified atom stereocenters. The standard InChI is InChI=1S/C43H63N7O7/c1-5-35(44-25-51)29-15-19-42(20-16-29,33-13-9-11-31(23-33)37(7-3)46-27-53)49-39(55)48-40(56)50(41(49)57)43(21-17-30(18-22-43)36(6-2)45-26-52)34-14-10-12-32(24-34)38(8-4)47-28-54/h29-38H,5-24H2,1-4H3,(H,48,55,56). The van der Waals surface area contributed by atoms with Crippen LogP contribution in [0.5, 0.6) is 0 Å². The van der Waals surface area contributed by atoms with E-state index in [-0.39, 0.29) is 59.7 Å². The van der Waals surface area contributed by atoms with Gasteiger partial charge in [0.25, 0.3) is 0 Å². The third-order valence-corrected chi connectivity index (χ3v) is 15.4. The number of nitrogens with one attached hydrogen (secondary N) is 1. The Bertz CT molecular complexity index is 1760. The molecule has 1 heterocycles. The van der Waals surface area contributed by atoms with E-state index in [0.717, 1.165) is 38.5 Å². The summed E-state index contributed by atoms with van der Waals surface area (Å²) in [5.41, 5.74) is -3.85. The third kappa shape index (κ3) is 9.00. The summed E-state index contributed by atoms with van der Waals surface area (Å²) in [6.45, 7) is 8.00. The molecule has 4 aliphatic carbocycles. The Balaban J connectivity index is 1.68. The molecule has 1 N–H and O–H groups in total. The van der Waals surface area contributed by atoms with E-state index < -0.39 is 28.1 Å². The van der Waals surface area contributed by atoms with Gasteiger partial charge in [0.05, 0.1) is 35.2 Å². The minimum atomic E-state index is -0.924. The van der Waals surface area contributed by atoms with E-state index in [9.17, 15) is 28.8 Å². The average molecular weight is 790 g/mol. The number of H-pyrrole nitrogens is 1. The lowest BCUT2D eigenvalue weighted by Crippen LogP contribution is -2.65. The van der Waals surface area contributed by atoms with E-state index in [1.165, 1.54) is 9.13 Å². The van der Waals surface area contributed by atoms with Gasteiger partial charge in [-0.2, -0.15) is 0 Å². The van der Waals surface area contributed by atoms with Crippen molar-refractivity contribution in [2.24, 2.45) is 55.5 Å². The molecule has 0 spiro atoms. The molecule has 57 heavy (non-hydrogen) atoms. The zero-order chi connectivity index (χ0) is 41.2. The quantitative estimate of drug-likeness (QED) is 0.145. The monoisotopic (exact) mass is 789 g/mol. The van der Waals surface area contributed by atoms with Crippen molar-refractivity contribution in [3.8, 4) is 0 Å². The van der Waals surface area contributed by atoms with E-state index >= 15 is 4.79 Å². The molecular weight excluding hydrogens is 727 g/mol. The predicted octanol–water partition coefficient (Wildman–Crippen LogP) is 6.54. The number of hydrogen-bond donors (Lipinski definition) is 1. The summed E-state index contributed by atoms with van der Waals surface area (Å²) < 4.78 is 2.83. The van der Waals surface area contributed by atoms with Crippen LogP contribution in [0, 0.1) is 35.5 Å². The average Bonchev–Trinajstić information content (AvgIpc) is 3.23. The molecule has 4 fully saturated rings. The lowest BCUT2D eigenvalue weighted by molar-refractivity contribution is 0.00630. The topological polar surface area (TPSA) is 195 Å². The van der Waals surface area contributed by atoms with Gasteiger partial charge in [0.1, 0.15) is 0 Å². The van der Waals surface area contributed by atoms with E-state index in [0.29, 0.717) is 89.9 Å². The first-order chi connectivity index (χ1) is 27.6. The molecule has 8 atom stereocenters. The van der Waals surface area contributed by atoms with E-state index in [2.05, 4.69) is 25.0 Å². The number of hydrogen-bond acceptors (Lipinski definition) is 11. The van der Waals surface area contributed by atoms with Crippen LogP contribution in [0.4, 0.5) is 0 Å². The summed E-state index contributed by atoms with van der Waals surface area (Å²) in [5, 5.41) is 0. The number of nitrogens with zero attached hydrogens (tertiary/aromatic N) is 6. The SMILES string of the molecule is CCC(N=C=O)C1CCC(C2CCCC(C(CC)N=C=O)C2)(n2c(=O)[nH]c(=O)n(C3(C4CCCC(C(CC)N=C=O)C4)CCC(C(CC)N=C=O)CC3)c2=O)CC1. The molecule has 0 bridgehead atoms. The first kappa shape index (κ1) is 44.0. The van der Waals surface area contributed by atoms with Gasteiger partial charge in [-0.3, -0.25) is 4.98 Å². The molecule has 312 valence electrons. The molecule has 0 amide bonds. The molecule has 0 aromatic carbocycles. The Morgan fingerprint density at radius 2 is 0.842 bits per heavy atom. The number of aromatic nitrogens is 3. The summed E-state index contributed by atoms with van der Waals surface area (Å²) in [4.78, 5) is 109. The maximum absolute atomic E-state index is 15.6. The lowest BCUT2D eigenvalue weighted by atomic mass is 9.61. The third-order valence-electron chi connectivity index (χ3n) is 15.4. The number of aromatic amines is 1. The normalized spacial score (nSPS) is 32.5. The number of aliphatic imine (C=N–C) groups is 4. The van der Waals surface area contributed by atoms with Crippen LogP contribution < -0.4 is 17.1 Å². The second kappa shape index (κ2) is 20.1. The maximum atomic E-state index is 15.6. The highest BCUT2D eigenvalue weighted by Crippen LogP contribution is 2.52. The van der Waals surface area contributed by atoms with Gasteiger partial charge in [-0.05, 0) is 151 Å². The van der Waals surface area contributed by atoms with Crippen LogP contribution in [0.3, 0.4) is 0 Å². The summed E-state index contributed by atoms with van der Waals surface area (Å²) in [5.74, 6) is 0.113. The fourth-order valence-electron chi connectivity index (χ4n) is 12.5. The van der Waals surface area contributed by atoms with E-state index in [1.54, 1.807) is 24.3 Å². The van der Waals surface area contributed by atoms with Crippen LogP contribution in [-0.2, 0) is 30.3 Å². The zero-order valence-electron chi connectivity index (χ0n) is 34.5. The van der Waals surface area contributed by atoms with Gasteiger partial charge in [0.15, 0.2) is 0 Å². The highest BCUT2D eigenvalue weighted by atomic mass is 16.2. The van der Waals surface area contributed by atoms with Crippen LogP contribution in [0.1, 0.15) is 156 Å². The molecule has 1 aromatic heterocycles. The van der Waals surface area contributed by atoms with Crippen molar-refractivity contribution >= 4 is 24.3 Å². The lowest BCUT2D eigenvalue weighted by Gasteiger charge is -2.51. The Morgan fingerprint density at radius 1 is 0.526 bits per heavy atom. The molecule has 1 aromatic rings. The summed E-state index contributed by atoms with van der Waals surface area (Å²) in [7, 11) is 0. The minimum Gasteiger partial charge on any atom is -0.259 e. The molecule has 4 aliphatic rings. The van der Waals surface area contributed by atoms with Crippen molar-refractivity contribution in [1.82, 2.24) is 14.1 Å². The van der Waals surface area contributed by atoms with Gasteiger partial charge in [-0.25, -0.2) is 62.7 Å². The van der Waals surface area contributed by atoms with Crippen molar-refractivity contribution in [2.45, 2.75) is 191 Å². The fraction of sp³-hybridized carbons (Fsp3) is 0.837. The summed E-state index contributed by atoms with van der Waals surface area (Å²) >= 11 is 0. The molecule has 14 nitrogen and oxygen atoms in total. The highest BCUT2D eigenvalue weighted by molar-refractivity contribution is 5.34. The molecule has 0 radical (unpaired) electrons. The molecular formula is C43H63N7O7. The molecule has 5 rings (SSSR count). The van der Waals surface area contributed by atoms with Crippen molar-refractivity contribution in [1.29, 1.82) is 0 Å². The molecule has 0 saturated heterocycles. The Kier molecular flexibility index (Phi) is 15.5. The molecule has 14 heteroatoms. The largest absolute Gasteiger partial charge is 0.337 e. The van der Waals surface area contributed by atoms with Gasteiger partial charge < -0.3 is 0 Å². The number of carbonyl (C=O) groups excluding carboxylic acids is 4. The van der Waals surface area contributed by atoms with Crippen LogP contribution >= 0.6 is 0 Å². The summed E-state index contributed by atoms with van der Waals surface area (Å²) in [6, 6.07) is -0.840. The number of isocyanates is 4. The Hall–Kier alpha value is -4.07. The first-order valence-corrected chi connectivity index (χ1v) is 21.9. The van der Waals surface area contributed by atoms with Crippen LogP contribution in [-0.4, -0.2) is 62.6 Å². The van der Waals surface area contributed by atoms with Gasteiger partial charge >= 0.3 is 17.1 Å².